The van der Waals surface area contributed by atoms with Crippen molar-refractivity contribution < 1.29 is 21.5 Å². The number of hydrogen-bond donors (Lipinski definition) is 0. The Labute approximate surface area is 99.9 Å². The van der Waals surface area contributed by atoms with Crippen LogP contribution in [0, 0.1) is 0 Å². The monoisotopic (exact) mass is 261 g/mol. The molecule has 0 heterocycles. The Balaban J connectivity index is 0. The fourth-order valence-corrected chi connectivity index (χ4v) is 1.62. The van der Waals surface area contributed by atoms with Crippen LogP contribution in [0.3, 0.4) is 0 Å². The van der Waals surface area contributed by atoms with E-state index in [9.17, 15) is 0 Å². The molecule has 0 saturated carbocycles. The van der Waals surface area contributed by atoms with Gasteiger partial charge in [-0.25, -0.2) is 0 Å². The minimum Gasteiger partial charge on any atom is -1.00 e. The van der Waals surface area contributed by atoms with Crippen molar-refractivity contribution in [3.05, 3.63) is 25.3 Å². The number of likely N-dealkylation sites (N-methyl/N-ethyl adjacent to an activating group) is 1. The van der Waals surface area contributed by atoms with E-state index in [-0.39, 0.29) is 17.0 Å². The van der Waals surface area contributed by atoms with Gasteiger partial charge in [-0.2, -0.15) is 0 Å². The highest BCUT2D eigenvalue weighted by Gasteiger charge is 2.16. The van der Waals surface area contributed by atoms with Crippen LogP contribution in [0.15, 0.2) is 25.3 Å². The lowest BCUT2D eigenvalue weighted by Gasteiger charge is -2.32. The van der Waals surface area contributed by atoms with Crippen molar-refractivity contribution in [2.75, 3.05) is 26.7 Å². The molecule has 0 aromatic carbocycles. The normalized spacial score (nSPS) is 10.4. The Morgan fingerprint density at radius 3 is 1.93 bits per heavy atom. The average molecular weight is 262 g/mol. The molecule has 84 valence electrons. The maximum atomic E-state index is 3.81. The van der Waals surface area contributed by atoms with Gasteiger partial charge in [-0.3, -0.25) is 0 Å². The molecule has 0 unspecified atom stereocenters. The summed E-state index contributed by atoms with van der Waals surface area (Å²) >= 11 is 0. The number of rotatable bonds is 8. The van der Waals surface area contributed by atoms with Gasteiger partial charge in [-0.05, 0) is 25.0 Å². The molecule has 0 aliphatic heterocycles. The minimum atomic E-state index is 0. The first-order chi connectivity index (χ1) is 6.18. The zero-order valence-corrected chi connectivity index (χ0v) is 11.2. The Hall–Kier alpha value is -0.0800. The number of hydrogen-bond acceptors (Lipinski definition) is 0. The molecule has 0 saturated heterocycles. The van der Waals surface area contributed by atoms with Crippen LogP contribution in [-0.4, -0.2) is 31.2 Å². The lowest BCUT2D eigenvalue weighted by molar-refractivity contribution is -0.898. The molecule has 1 nitrogen and oxygen atoms in total. The molecule has 0 aromatic rings. The van der Waals surface area contributed by atoms with Gasteiger partial charge in [-0.1, -0.05) is 26.5 Å². The van der Waals surface area contributed by atoms with Gasteiger partial charge >= 0.3 is 0 Å². The molecule has 0 bridgehead atoms. The minimum absolute atomic E-state index is 0. The summed E-state index contributed by atoms with van der Waals surface area (Å²) < 4.78 is 1.06. The molecule has 0 spiro atoms. The molecule has 0 fully saturated rings. The van der Waals surface area contributed by atoms with Crippen LogP contribution in [0.1, 0.15) is 26.2 Å². The highest BCUT2D eigenvalue weighted by atomic mass is 79.9. The van der Waals surface area contributed by atoms with Crippen molar-refractivity contribution in [3.63, 3.8) is 0 Å². The highest BCUT2D eigenvalue weighted by Crippen LogP contribution is 2.07. The van der Waals surface area contributed by atoms with Crippen LogP contribution in [0.2, 0.25) is 0 Å². The summed E-state index contributed by atoms with van der Waals surface area (Å²) in [6.45, 7) is 13.2. The summed E-state index contributed by atoms with van der Waals surface area (Å²) in [5.41, 5.74) is 0. The van der Waals surface area contributed by atoms with Crippen LogP contribution in [-0.2, 0) is 0 Å². The van der Waals surface area contributed by atoms with E-state index in [1.54, 1.807) is 0 Å². The molecular weight excluding hydrogens is 238 g/mol. The SMILES string of the molecule is C=CC[N+](C)(CC=C)CCCCC.[Br-]. The highest BCUT2D eigenvalue weighted by molar-refractivity contribution is 4.70. The van der Waals surface area contributed by atoms with Gasteiger partial charge in [0, 0.05) is 0 Å². The van der Waals surface area contributed by atoms with Gasteiger partial charge in [0.15, 0.2) is 0 Å². The Bertz CT molecular complexity index is 144. The summed E-state index contributed by atoms with van der Waals surface area (Å²) in [5, 5.41) is 0. The van der Waals surface area contributed by atoms with Gasteiger partial charge in [0.05, 0.1) is 26.7 Å². The Kier molecular flexibility index (Phi) is 11.1. The van der Waals surface area contributed by atoms with E-state index in [0.717, 1.165) is 17.6 Å². The molecule has 0 aliphatic carbocycles. The van der Waals surface area contributed by atoms with Crippen LogP contribution in [0.25, 0.3) is 0 Å². The third kappa shape index (κ3) is 7.34. The van der Waals surface area contributed by atoms with Gasteiger partial charge in [0.25, 0.3) is 0 Å². The second-order valence-corrected chi connectivity index (χ2v) is 3.99. The van der Waals surface area contributed by atoms with E-state index in [1.807, 2.05) is 12.2 Å². The van der Waals surface area contributed by atoms with E-state index in [4.69, 9.17) is 0 Å². The lowest BCUT2D eigenvalue weighted by atomic mass is 10.2. The van der Waals surface area contributed by atoms with Gasteiger partial charge in [0.2, 0.25) is 0 Å². The van der Waals surface area contributed by atoms with Crippen molar-refractivity contribution in [1.82, 2.24) is 0 Å². The number of unbranched alkanes of at least 4 members (excludes halogenated alkanes) is 2. The van der Waals surface area contributed by atoms with Gasteiger partial charge in [0.1, 0.15) is 0 Å². The van der Waals surface area contributed by atoms with E-state index in [2.05, 4.69) is 27.1 Å². The Morgan fingerprint density at radius 2 is 1.57 bits per heavy atom. The second kappa shape index (κ2) is 9.47. The molecule has 0 N–H and O–H groups in total. The fourth-order valence-electron chi connectivity index (χ4n) is 1.62. The van der Waals surface area contributed by atoms with E-state index < -0.39 is 0 Å². The van der Waals surface area contributed by atoms with Crippen molar-refractivity contribution >= 4 is 0 Å². The quantitative estimate of drug-likeness (QED) is 0.328. The summed E-state index contributed by atoms with van der Waals surface area (Å²) in [5.74, 6) is 0. The smallest absolute Gasteiger partial charge is 0.0971 e. The molecular formula is C12H24BrN. The first-order valence-corrected chi connectivity index (χ1v) is 5.24. The predicted molar refractivity (Wildman–Crippen MR) is 60.7 cm³/mol. The van der Waals surface area contributed by atoms with Crippen molar-refractivity contribution in [2.24, 2.45) is 0 Å². The van der Waals surface area contributed by atoms with Crippen LogP contribution >= 0.6 is 0 Å². The van der Waals surface area contributed by atoms with E-state index in [0.29, 0.717) is 0 Å². The molecule has 0 rings (SSSR count). The molecule has 0 atom stereocenters. The molecule has 2 heteroatoms. The van der Waals surface area contributed by atoms with Crippen molar-refractivity contribution in [2.45, 2.75) is 26.2 Å². The van der Waals surface area contributed by atoms with Gasteiger partial charge in [-0.15, -0.1) is 0 Å². The maximum absolute atomic E-state index is 3.81. The Morgan fingerprint density at radius 1 is 1.07 bits per heavy atom. The first kappa shape index (κ1) is 16.4. The summed E-state index contributed by atoms with van der Waals surface area (Å²) in [6.07, 6.45) is 7.96. The first-order valence-electron chi connectivity index (χ1n) is 5.24. The molecule has 0 aromatic heterocycles. The summed E-state index contributed by atoms with van der Waals surface area (Å²) in [7, 11) is 2.28. The third-order valence-corrected chi connectivity index (χ3v) is 2.44. The van der Waals surface area contributed by atoms with Crippen LogP contribution in [0.4, 0.5) is 0 Å². The molecule has 0 radical (unpaired) electrons. The molecule has 0 amide bonds. The van der Waals surface area contributed by atoms with Crippen molar-refractivity contribution in [1.29, 1.82) is 0 Å². The van der Waals surface area contributed by atoms with E-state index in [1.165, 1.54) is 25.8 Å². The molecule has 14 heavy (non-hydrogen) atoms. The van der Waals surface area contributed by atoms with E-state index >= 15 is 0 Å². The van der Waals surface area contributed by atoms with Crippen LogP contribution in [0.5, 0.6) is 0 Å². The predicted octanol–water partition coefficient (Wildman–Crippen LogP) is -0.000800. The number of nitrogens with zero attached hydrogens (tertiary/aromatic N) is 1. The summed E-state index contributed by atoms with van der Waals surface area (Å²) in [4.78, 5) is 0. The largest absolute Gasteiger partial charge is 1.00 e. The lowest BCUT2D eigenvalue weighted by Crippen LogP contribution is -3.00. The zero-order valence-electron chi connectivity index (χ0n) is 9.64. The standard InChI is InChI=1S/C12H24N.BrH/c1-5-8-9-12-13(4,10-6-2)11-7-3;/h6-7H,2-3,5,8-12H2,1,4H3;1H/q+1;/p-1. The average Bonchev–Trinajstić information content (AvgIpc) is 2.05. The topological polar surface area (TPSA) is 0 Å². The maximum Gasteiger partial charge on any atom is 0.0971 e. The second-order valence-electron chi connectivity index (χ2n) is 3.99. The van der Waals surface area contributed by atoms with Crippen LogP contribution < -0.4 is 17.0 Å². The summed E-state index contributed by atoms with van der Waals surface area (Å²) in [6, 6.07) is 0. The number of quaternary nitrogens is 1. The van der Waals surface area contributed by atoms with Gasteiger partial charge < -0.3 is 21.5 Å². The van der Waals surface area contributed by atoms with Crippen molar-refractivity contribution in [3.8, 4) is 0 Å². The number of halogens is 1. The third-order valence-electron chi connectivity index (χ3n) is 2.44. The zero-order chi connectivity index (χ0) is 10.2. The molecule has 0 aliphatic rings. The fraction of sp³-hybridized carbons (Fsp3) is 0.667.